The van der Waals surface area contributed by atoms with Crippen LogP contribution in [0.2, 0.25) is 0 Å². The van der Waals surface area contributed by atoms with Crippen LogP contribution >= 0.6 is 15.9 Å². The summed E-state index contributed by atoms with van der Waals surface area (Å²) < 4.78 is 40.3. The Bertz CT molecular complexity index is 517. The van der Waals surface area contributed by atoms with Crippen LogP contribution in [0.15, 0.2) is 27.6 Å². The van der Waals surface area contributed by atoms with Crippen molar-refractivity contribution in [3.63, 3.8) is 0 Å². The lowest BCUT2D eigenvalue weighted by Gasteiger charge is -2.20. The highest BCUT2D eigenvalue weighted by molar-refractivity contribution is 9.10. The molecule has 0 saturated heterocycles. The third-order valence-corrected chi connectivity index (χ3v) is 4.88. The summed E-state index contributed by atoms with van der Waals surface area (Å²) in [7, 11) is -3.67. The van der Waals surface area contributed by atoms with Crippen molar-refractivity contribution in [2.75, 3.05) is 0 Å². The highest BCUT2D eigenvalue weighted by Gasteiger charge is 2.21. The molecule has 0 bridgehead atoms. The number of benzene rings is 1. The van der Waals surface area contributed by atoms with E-state index in [1.54, 1.807) is 0 Å². The van der Waals surface area contributed by atoms with E-state index in [0.717, 1.165) is 6.07 Å². The summed E-state index contributed by atoms with van der Waals surface area (Å²) in [5, 5.41) is 0. The standard InChI is InChI=1S/C12H17BrFNO2S/c1-4-12(8(2)3)15-18(16,17)9-5-6-10(13)11(14)7-9/h5-8,12,15H,4H2,1-3H3. The monoisotopic (exact) mass is 337 g/mol. The highest BCUT2D eigenvalue weighted by Crippen LogP contribution is 2.20. The molecule has 1 N–H and O–H groups in total. The van der Waals surface area contributed by atoms with Crippen LogP contribution in [-0.4, -0.2) is 14.5 Å². The maximum Gasteiger partial charge on any atom is 0.240 e. The molecular weight excluding hydrogens is 321 g/mol. The lowest BCUT2D eigenvalue weighted by Crippen LogP contribution is -2.37. The van der Waals surface area contributed by atoms with Crippen LogP contribution in [0.1, 0.15) is 27.2 Å². The van der Waals surface area contributed by atoms with Crippen molar-refractivity contribution in [2.45, 2.75) is 38.1 Å². The van der Waals surface area contributed by atoms with Crippen LogP contribution in [0.3, 0.4) is 0 Å². The van der Waals surface area contributed by atoms with Crippen molar-refractivity contribution in [3.8, 4) is 0 Å². The Morgan fingerprint density at radius 2 is 2.00 bits per heavy atom. The number of sulfonamides is 1. The molecule has 1 aromatic rings. The molecule has 0 spiro atoms. The van der Waals surface area contributed by atoms with Gasteiger partial charge in [0.15, 0.2) is 0 Å². The lowest BCUT2D eigenvalue weighted by molar-refractivity contribution is 0.437. The Morgan fingerprint density at radius 1 is 1.39 bits per heavy atom. The molecule has 18 heavy (non-hydrogen) atoms. The Labute approximate surface area is 116 Å². The molecule has 0 amide bonds. The molecule has 0 aliphatic heterocycles. The van der Waals surface area contributed by atoms with Crippen molar-refractivity contribution >= 4 is 26.0 Å². The van der Waals surface area contributed by atoms with E-state index in [2.05, 4.69) is 20.7 Å². The topological polar surface area (TPSA) is 46.2 Å². The van der Waals surface area contributed by atoms with E-state index in [1.165, 1.54) is 12.1 Å². The molecule has 6 heteroatoms. The van der Waals surface area contributed by atoms with Gasteiger partial charge in [-0.3, -0.25) is 0 Å². The first-order chi connectivity index (χ1) is 8.27. The normalized spacial score (nSPS) is 13.9. The fraction of sp³-hybridized carbons (Fsp3) is 0.500. The predicted octanol–water partition coefficient (Wildman–Crippen LogP) is 3.30. The van der Waals surface area contributed by atoms with Gasteiger partial charge in [-0.25, -0.2) is 17.5 Å². The van der Waals surface area contributed by atoms with Crippen LogP contribution in [-0.2, 0) is 10.0 Å². The van der Waals surface area contributed by atoms with Gasteiger partial charge in [0.1, 0.15) is 5.82 Å². The van der Waals surface area contributed by atoms with Gasteiger partial charge in [0.2, 0.25) is 10.0 Å². The Kier molecular flexibility index (Phi) is 5.31. The average molecular weight is 338 g/mol. The second kappa shape index (κ2) is 6.12. The number of rotatable bonds is 5. The summed E-state index contributed by atoms with van der Waals surface area (Å²) in [4.78, 5) is -0.0534. The maximum atomic E-state index is 13.3. The van der Waals surface area contributed by atoms with Crippen molar-refractivity contribution < 1.29 is 12.8 Å². The number of halogens is 2. The molecule has 1 aromatic carbocycles. The van der Waals surface area contributed by atoms with Gasteiger partial charge in [0.05, 0.1) is 9.37 Å². The zero-order chi connectivity index (χ0) is 13.9. The summed E-state index contributed by atoms with van der Waals surface area (Å²) in [6, 6.07) is 3.63. The summed E-state index contributed by atoms with van der Waals surface area (Å²) in [6.07, 6.45) is 0.690. The van der Waals surface area contributed by atoms with Crippen LogP contribution in [0.4, 0.5) is 4.39 Å². The highest BCUT2D eigenvalue weighted by atomic mass is 79.9. The molecule has 3 nitrogen and oxygen atoms in total. The first-order valence-corrected chi connectivity index (χ1v) is 8.03. The molecule has 102 valence electrons. The number of hydrogen-bond acceptors (Lipinski definition) is 2. The quantitative estimate of drug-likeness (QED) is 0.895. The summed E-state index contributed by atoms with van der Waals surface area (Å²) >= 11 is 2.99. The fourth-order valence-corrected chi connectivity index (χ4v) is 3.33. The third kappa shape index (κ3) is 3.76. The minimum absolute atomic E-state index is 0.0534. The minimum atomic E-state index is -3.67. The van der Waals surface area contributed by atoms with E-state index in [1.807, 2.05) is 20.8 Å². The van der Waals surface area contributed by atoms with Gasteiger partial charge in [0, 0.05) is 6.04 Å². The summed E-state index contributed by atoms with van der Waals surface area (Å²) in [5.74, 6) is -0.402. The second-order valence-electron chi connectivity index (χ2n) is 4.46. The van der Waals surface area contributed by atoms with E-state index in [-0.39, 0.29) is 21.3 Å². The van der Waals surface area contributed by atoms with E-state index in [4.69, 9.17) is 0 Å². The van der Waals surface area contributed by atoms with Gasteiger partial charge in [-0.2, -0.15) is 0 Å². The van der Waals surface area contributed by atoms with E-state index in [0.29, 0.717) is 6.42 Å². The van der Waals surface area contributed by atoms with Crippen LogP contribution < -0.4 is 4.72 Å². The van der Waals surface area contributed by atoms with Gasteiger partial charge >= 0.3 is 0 Å². The van der Waals surface area contributed by atoms with Crippen molar-refractivity contribution in [2.24, 2.45) is 5.92 Å². The molecule has 1 rings (SSSR count). The molecule has 0 radical (unpaired) electrons. The molecule has 0 aliphatic carbocycles. The summed E-state index contributed by atoms with van der Waals surface area (Å²) in [5.41, 5.74) is 0. The molecule has 0 heterocycles. The minimum Gasteiger partial charge on any atom is -0.208 e. The fourth-order valence-electron chi connectivity index (χ4n) is 1.60. The SMILES string of the molecule is CCC(NS(=O)(=O)c1ccc(Br)c(F)c1)C(C)C. The zero-order valence-corrected chi connectivity index (χ0v) is 13.0. The first kappa shape index (κ1) is 15.6. The molecule has 0 fully saturated rings. The largest absolute Gasteiger partial charge is 0.240 e. The second-order valence-corrected chi connectivity index (χ2v) is 7.02. The molecule has 0 saturated carbocycles. The zero-order valence-electron chi connectivity index (χ0n) is 10.6. The molecule has 0 aromatic heterocycles. The molecule has 0 aliphatic rings. The van der Waals surface area contributed by atoms with Crippen molar-refractivity contribution in [1.82, 2.24) is 4.72 Å². The van der Waals surface area contributed by atoms with Gasteiger partial charge in [-0.15, -0.1) is 0 Å². The molecular formula is C12H17BrFNO2S. The van der Waals surface area contributed by atoms with Gasteiger partial charge in [-0.1, -0.05) is 20.8 Å². The maximum absolute atomic E-state index is 13.3. The predicted molar refractivity (Wildman–Crippen MR) is 73.3 cm³/mol. The van der Waals surface area contributed by atoms with E-state index >= 15 is 0 Å². The van der Waals surface area contributed by atoms with Gasteiger partial charge < -0.3 is 0 Å². The number of hydrogen-bond donors (Lipinski definition) is 1. The molecule has 1 atom stereocenters. The third-order valence-electron chi connectivity index (χ3n) is 2.75. The Morgan fingerprint density at radius 3 is 2.44 bits per heavy atom. The van der Waals surface area contributed by atoms with E-state index < -0.39 is 15.8 Å². The number of nitrogens with one attached hydrogen (secondary N) is 1. The van der Waals surface area contributed by atoms with E-state index in [9.17, 15) is 12.8 Å². The lowest BCUT2D eigenvalue weighted by atomic mass is 10.0. The first-order valence-electron chi connectivity index (χ1n) is 5.75. The Balaban J connectivity index is 3.02. The molecule has 1 unspecified atom stereocenters. The van der Waals surface area contributed by atoms with Crippen LogP contribution in [0, 0.1) is 11.7 Å². The smallest absolute Gasteiger partial charge is 0.208 e. The van der Waals surface area contributed by atoms with Crippen LogP contribution in [0.5, 0.6) is 0 Å². The Hall–Kier alpha value is -0.460. The van der Waals surface area contributed by atoms with Gasteiger partial charge in [0.25, 0.3) is 0 Å². The van der Waals surface area contributed by atoms with Crippen LogP contribution in [0.25, 0.3) is 0 Å². The van der Waals surface area contributed by atoms with Crippen molar-refractivity contribution in [3.05, 3.63) is 28.5 Å². The van der Waals surface area contributed by atoms with Gasteiger partial charge in [-0.05, 0) is 46.5 Å². The summed E-state index contributed by atoms with van der Waals surface area (Å²) in [6.45, 7) is 5.80. The van der Waals surface area contributed by atoms with Crippen molar-refractivity contribution in [1.29, 1.82) is 0 Å². The average Bonchev–Trinajstić information content (AvgIpc) is 2.29.